The van der Waals surface area contributed by atoms with E-state index in [1.165, 1.54) is 0 Å². The molecular formula is C11H12F9NO4S. The molecule has 26 heavy (non-hydrogen) atoms. The lowest BCUT2D eigenvalue weighted by molar-refractivity contribution is -0.409. The Hall–Kier alpha value is -1.51. The highest BCUT2D eigenvalue weighted by Crippen LogP contribution is 2.54. The summed E-state index contributed by atoms with van der Waals surface area (Å²) in [6, 6.07) is -6.46. The first-order valence-corrected chi connectivity index (χ1v) is 7.84. The van der Waals surface area contributed by atoms with Crippen molar-refractivity contribution < 1.29 is 57.5 Å². The van der Waals surface area contributed by atoms with E-state index in [2.05, 4.69) is 11.3 Å². The van der Waals surface area contributed by atoms with Gasteiger partial charge in [0.05, 0.1) is 5.75 Å². The van der Waals surface area contributed by atoms with Crippen molar-refractivity contribution in [2.45, 2.75) is 31.0 Å². The van der Waals surface area contributed by atoms with Crippen LogP contribution in [0.2, 0.25) is 0 Å². The van der Waals surface area contributed by atoms with Crippen molar-refractivity contribution in [2.75, 3.05) is 19.4 Å². The van der Waals surface area contributed by atoms with E-state index in [-0.39, 0.29) is 12.6 Å². The van der Waals surface area contributed by atoms with Crippen molar-refractivity contribution >= 4 is 16.0 Å². The van der Waals surface area contributed by atoms with E-state index in [9.17, 15) is 52.7 Å². The summed E-state index contributed by atoms with van der Waals surface area (Å²) in [7, 11) is -5.86. The van der Waals surface area contributed by atoms with Gasteiger partial charge in [0.25, 0.3) is 0 Å². The molecule has 0 rings (SSSR count). The van der Waals surface area contributed by atoms with Crippen LogP contribution in [0.4, 0.5) is 39.5 Å². The van der Waals surface area contributed by atoms with Crippen molar-refractivity contribution in [3.63, 3.8) is 0 Å². The molecule has 0 unspecified atom stereocenters. The summed E-state index contributed by atoms with van der Waals surface area (Å²) in [5, 5.41) is 0. The van der Waals surface area contributed by atoms with E-state index >= 15 is 0 Å². The summed E-state index contributed by atoms with van der Waals surface area (Å²) >= 11 is 0. The quantitative estimate of drug-likeness (QED) is 0.260. The summed E-state index contributed by atoms with van der Waals surface area (Å²) in [4.78, 5) is 11.0. The molecule has 0 heterocycles. The molecule has 0 aromatic carbocycles. The second-order valence-electron chi connectivity index (χ2n) is 4.89. The first-order valence-electron chi connectivity index (χ1n) is 6.23. The minimum absolute atomic E-state index is 0.238. The van der Waals surface area contributed by atoms with E-state index in [4.69, 9.17) is 0 Å². The normalized spacial score (nSPS) is 14.5. The molecule has 0 aromatic rings. The highest BCUT2D eigenvalue weighted by Gasteiger charge is 2.83. The van der Waals surface area contributed by atoms with Crippen molar-refractivity contribution in [1.82, 2.24) is 4.31 Å². The fraction of sp³-hybridized carbons (Fsp3) is 0.727. The van der Waals surface area contributed by atoms with Crippen LogP contribution in [0.1, 0.15) is 6.92 Å². The molecule has 0 amide bonds. The van der Waals surface area contributed by atoms with E-state index in [1.54, 1.807) is 0 Å². The Kier molecular flexibility index (Phi) is 6.83. The third-order valence-electron chi connectivity index (χ3n) is 2.86. The number of hydrogen-bond donors (Lipinski definition) is 0. The number of halogens is 9. The molecule has 0 aliphatic heterocycles. The standard InChI is InChI=1S/C11H12F9NO4S/c1-6(2)7(22)25-4-5-26(23,24)21(3)11(19,20)9(14,15)8(12,13)10(16,17)18/h1,4-5H2,2-3H3. The van der Waals surface area contributed by atoms with Crippen LogP contribution >= 0.6 is 0 Å². The molecule has 0 aromatic heterocycles. The van der Waals surface area contributed by atoms with Gasteiger partial charge in [-0.3, -0.25) is 0 Å². The number of esters is 1. The van der Waals surface area contributed by atoms with E-state index in [1.807, 2.05) is 0 Å². The predicted octanol–water partition coefficient (Wildman–Crippen LogP) is 2.79. The van der Waals surface area contributed by atoms with Gasteiger partial charge in [0.1, 0.15) is 6.61 Å². The lowest BCUT2D eigenvalue weighted by atomic mass is 10.1. The monoisotopic (exact) mass is 425 g/mol. The zero-order valence-corrected chi connectivity index (χ0v) is 13.8. The first-order chi connectivity index (χ1) is 11.2. The molecule has 0 aliphatic rings. The Morgan fingerprint density at radius 3 is 1.77 bits per heavy atom. The third kappa shape index (κ3) is 4.42. The summed E-state index contributed by atoms with van der Waals surface area (Å²) in [5.41, 5.74) is -0.238. The lowest BCUT2D eigenvalue weighted by Gasteiger charge is -2.37. The molecule has 0 atom stereocenters. The van der Waals surface area contributed by atoms with Crippen LogP contribution in [-0.4, -0.2) is 62.2 Å². The number of nitrogens with zero attached hydrogens (tertiary/aromatic N) is 1. The second kappa shape index (κ2) is 7.25. The molecule has 0 N–H and O–H groups in total. The van der Waals surface area contributed by atoms with Gasteiger partial charge < -0.3 is 4.74 Å². The molecule has 0 radical (unpaired) electrons. The molecule has 15 heteroatoms. The van der Waals surface area contributed by atoms with Gasteiger partial charge in [-0.1, -0.05) is 6.58 Å². The van der Waals surface area contributed by atoms with Crippen LogP contribution in [0.25, 0.3) is 0 Å². The second-order valence-corrected chi connectivity index (χ2v) is 7.01. The molecule has 5 nitrogen and oxygen atoms in total. The van der Waals surface area contributed by atoms with Crippen LogP contribution in [0.15, 0.2) is 12.2 Å². The topological polar surface area (TPSA) is 63.7 Å². The Morgan fingerprint density at radius 1 is 1.00 bits per heavy atom. The number of sulfonamides is 1. The molecule has 0 fully saturated rings. The van der Waals surface area contributed by atoms with Gasteiger partial charge in [-0.05, 0) is 6.92 Å². The van der Waals surface area contributed by atoms with Crippen molar-refractivity contribution in [3.8, 4) is 0 Å². The molecular weight excluding hydrogens is 413 g/mol. The van der Waals surface area contributed by atoms with E-state index in [0.717, 1.165) is 6.92 Å². The Morgan fingerprint density at radius 2 is 1.42 bits per heavy atom. The van der Waals surface area contributed by atoms with Crippen LogP contribution in [0.3, 0.4) is 0 Å². The number of rotatable bonds is 8. The van der Waals surface area contributed by atoms with Gasteiger partial charge in [0, 0.05) is 12.6 Å². The number of hydrogen-bond acceptors (Lipinski definition) is 4. The lowest BCUT2D eigenvalue weighted by Crippen LogP contribution is -2.66. The van der Waals surface area contributed by atoms with Crippen LogP contribution in [0, 0.1) is 0 Å². The summed E-state index contributed by atoms with van der Waals surface area (Å²) in [6.07, 6.45) is -7.08. The summed E-state index contributed by atoms with van der Waals surface area (Å²) in [5.74, 6) is -17.1. The maximum atomic E-state index is 13.5. The minimum Gasteiger partial charge on any atom is -0.461 e. The molecule has 0 saturated carbocycles. The van der Waals surface area contributed by atoms with Gasteiger partial charge in [-0.25, -0.2) is 13.2 Å². The minimum atomic E-state index is -7.24. The van der Waals surface area contributed by atoms with Crippen LogP contribution in [-0.2, 0) is 19.6 Å². The number of carbonyl (C=O) groups excluding carboxylic acids is 1. The SMILES string of the molecule is C=C(C)C(=O)OCCS(=O)(=O)N(C)C(F)(F)C(F)(F)C(F)(F)C(F)(F)F. The fourth-order valence-corrected chi connectivity index (χ4v) is 2.27. The fourth-order valence-electron chi connectivity index (χ4n) is 1.24. The molecule has 0 saturated heterocycles. The first kappa shape index (κ1) is 24.5. The van der Waals surface area contributed by atoms with Gasteiger partial charge in [-0.15, -0.1) is 4.31 Å². The predicted molar refractivity (Wildman–Crippen MR) is 68.2 cm³/mol. The van der Waals surface area contributed by atoms with Gasteiger partial charge in [0.15, 0.2) is 0 Å². The van der Waals surface area contributed by atoms with Gasteiger partial charge >= 0.3 is 30.0 Å². The molecule has 0 spiro atoms. The summed E-state index contributed by atoms with van der Waals surface area (Å²) < 4.78 is 141. The smallest absolute Gasteiger partial charge is 0.460 e. The molecule has 0 aliphatic carbocycles. The number of ether oxygens (including phenoxy) is 1. The van der Waals surface area contributed by atoms with E-state index in [0.29, 0.717) is 0 Å². The Labute approximate surface area is 141 Å². The molecule has 154 valence electrons. The zero-order valence-electron chi connectivity index (χ0n) is 13.0. The average molecular weight is 425 g/mol. The Balaban J connectivity index is 5.58. The highest BCUT2D eigenvalue weighted by atomic mass is 32.2. The van der Waals surface area contributed by atoms with Gasteiger partial charge in [0.2, 0.25) is 10.0 Å². The van der Waals surface area contributed by atoms with Crippen molar-refractivity contribution in [3.05, 3.63) is 12.2 Å². The maximum absolute atomic E-state index is 13.5. The largest absolute Gasteiger partial charge is 0.461 e. The van der Waals surface area contributed by atoms with Crippen LogP contribution in [0.5, 0.6) is 0 Å². The Bertz CT molecular complexity index is 657. The van der Waals surface area contributed by atoms with Gasteiger partial charge in [-0.2, -0.15) is 39.5 Å². The van der Waals surface area contributed by atoms with E-state index < -0.39 is 56.7 Å². The zero-order chi connectivity index (χ0) is 21.4. The maximum Gasteiger partial charge on any atom is 0.460 e. The third-order valence-corrected chi connectivity index (χ3v) is 4.61. The van der Waals surface area contributed by atoms with Crippen LogP contribution < -0.4 is 0 Å². The average Bonchev–Trinajstić information content (AvgIpc) is 2.44. The molecule has 0 bridgehead atoms. The van der Waals surface area contributed by atoms with Crippen molar-refractivity contribution in [2.24, 2.45) is 0 Å². The summed E-state index contributed by atoms with van der Waals surface area (Å²) in [6.45, 7) is 3.03. The number of carbonyl (C=O) groups is 1. The number of alkyl halides is 9. The van der Waals surface area contributed by atoms with Crippen molar-refractivity contribution in [1.29, 1.82) is 0 Å². The highest BCUT2D eigenvalue weighted by molar-refractivity contribution is 7.89.